The van der Waals surface area contributed by atoms with Gasteiger partial charge < -0.3 is 14.7 Å². The average molecular weight is 196 g/mol. The molecule has 0 fully saturated rings. The number of nitrogens with zero attached hydrogens (tertiary/aromatic N) is 1. The summed E-state index contributed by atoms with van der Waals surface area (Å²) in [6.07, 6.45) is 0.698. The predicted octanol–water partition coefficient (Wildman–Crippen LogP) is -0.557. The van der Waals surface area contributed by atoms with Crippen LogP contribution in [0.15, 0.2) is 11.8 Å². The molecule has 0 atom stereocenters. The number of carboxylic acids is 1. The van der Waals surface area contributed by atoms with Crippen LogP contribution in [-0.2, 0) is 4.79 Å². The summed E-state index contributed by atoms with van der Waals surface area (Å²) in [4.78, 5) is 10.0. The Labute approximate surface area is 78.1 Å². The molecule has 0 heterocycles. The molecule has 0 unspecified atom stereocenters. The second-order valence-corrected chi connectivity index (χ2v) is 3.40. The second kappa shape index (κ2) is 5.00. The van der Waals surface area contributed by atoms with E-state index >= 15 is 0 Å². The van der Waals surface area contributed by atoms with Crippen molar-refractivity contribution < 1.29 is 19.5 Å². The minimum Gasteiger partial charge on any atom is -0.871 e. The van der Waals surface area contributed by atoms with Crippen LogP contribution in [0.5, 0.6) is 0 Å². The molecule has 0 spiro atoms. The van der Waals surface area contributed by atoms with Gasteiger partial charge in [-0.3, -0.25) is 0 Å². The Morgan fingerprint density at radius 2 is 1.92 bits per heavy atom. The van der Waals surface area contributed by atoms with E-state index in [0.717, 1.165) is 0 Å². The first-order chi connectivity index (χ1) is 4.81. The van der Waals surface area contributed by atoms with Crippen molar-refractivity contribution in [3.63, 3.8) is 0 Å². The molecule has 0 aliphatic carbocycles. The van der Waals surface area contributed by atoms with Gasteiger partial charge in [-0.25, -0.2) is 4.79 Å². The van der Waals surface area contributed by atoms with E-state index < -0.39 is 5.97 Å². The Bertz CT molecular complexity index is 184. The minimum absolute atomic E-state index is 0. The first kappa shape index (κ1) is 13.8. The average Bonchev–Trinajstić information content (AvgIpc) is 1.53. The van der Waals surface area contributed by atoms with Crippen molar-refractivity contribution in [1.29, 1.82) is 0 Å². The van der Waals surface area contributed by atoms with Crippen LogP contribution < -0.4 is 5.11 Å². The lowest BCUT2D eigenvalue weighted by Crippen LogP contribution is -2.39. The summed E-state index contributed by atoms with van der Waals surface area (Å²) in [5.74, 6) is -1.53. The topological polar surface area (TPSA) is 60.4 Å². The number of likely N-dealkylation sites (N-methyl/N-ethyl adjacent to an activating group) is 1. The third-order valence-electron chi connectivity index (χ3n) is 0.915. The fourth-order valence-corrected chi connectivity index (χ4v) is 0.651. The largest absolute Gasteiger partial charge is 0.871 e. The normalized spacial score (nSPS) is 12.1. The molecule has 0 aromatic carbocycles. The number of hydrogen-bond donors (Lipinski definition) is 1. The lowest BCUT2D eigenvalue weighted by molar-refractivity contribution is -0.870. The smallest absolute Gasteiger partial charge is 0.327 e. The second-order valence-electron chi connectivity index (χ2n) is 3.40. The Kier molecular flexibility index (Phi) is 5.76. The van der Waals surface area contributed by atoms with Crippen LogP contribution >= 0.6 is 12.4 Å². The molecule has 0 aromatic heterocycles. The maximum atomic E-state index is 10.8. The monoisotopic (exact) mass is 195 g/mol. The Balaban J connectivity index is 0. The summed E-state index contributed by atoms with van der Waals surface area (Å²) >= 11 is 0. The standard InChI is InChI=1S/C7H13NO3.ClH/c1-8(2,3)5-6(9)4-7(10)11;/h4H,5H2,1-3H3,(H-,9,10,11);1H/b6-4-;. The zero-order chi connectivity index (χ0) is 9.07. The molecule has 1 N–H and O–H groups in total. The van der Waals surface area contributed by atoms with Crippen LogP contribution in [0.2, 0.25) is 0 Å². The summed E-state index contributed by atoms with van der Waals surface area (Å²) in [7, 11) is 5.48. The zero-order valence-electron chi connectivity index (χ0n) is 7.40. The predicted molar refractivity (Wildman–Crippen MR) is 45.9 cm³/mol. The third kappa shape index (κ3) is 9.26. The third-order valence-corrected chi connectivity index (χ3v) is 0.915. The Hall–Kier alpha value is -0.740. The molecule has 0 aliphatic rings. The van der Waals surface area contributed by atoms with Gasteiger partial charge in [0.25, 0.3) is 0 Å². The highest BCUT2D eigenvalue weighted by atomic mass is 35.5. The van der Waals surface area contributed by atoms with Crippen molar-refractivity contribution in [2.45, 2.75) is 0 Å². The van der Waals surface area contributed by atoms with E-state index in [1.807, 2.05) is 21.1 Å². The van der Waals surface area contributed by atoms with Crippen molar-refractivity contribution in [2.75, 3.05) is 27.7 Å². The van der Waals surface area contributed by atoms with Crippen molar-refractivity contribution in [3.05, 3.63) is 11.8 Å². The van der Waals surface area contributed by atoms with Gasteiger partial charge in [0, 0.05) is 6.08 Å². The summed E-state index contributed by atoms with van der Waals surface area (Å²) in [6.45, 7) is 0.215. The number of carboxylic acid groups (broad SMARTS) is 1. The molecular formula is C7H14ClNO3. The van der Waals surface area contributed by atoms with E-state index in [4.69, 9.17) is 5.11 Å². The fourth-order valence-electron chi connectivity index (χ4n) is 0.651. The SMILES string of the molecule is C[N+](C)(C)C/C([O-])=C/C(=O)O.Cl. The van der Waals surface area contributed by atoms with Crippen molar-refractivity contribution in [1.82, 2.24) is 0 Å². The van der Waals surface area contributed by atoms with Gasteiger partial charge in [-0.2, -0.15) is 0 Å². The van der Waals surface area contributed by atoms with Crippen LogP contribution in [0.1, 0.15) is 0 Å². The lowest BCUT2D eigenvalue weighted by Gasteiger charge is -2.27. The van der Waals surface area contributed by atoms with Gasteiger partial charge >= 0.3 is 5.97 Å². The van der Waals surface area contributed by atoms with Crippen molar-refractivity contribution >= 4 is 18.4 Å². The van der Waals surface area contributed by atoms with E-state index in [1.165, 1.54) is 0 Å². The molecule has 0 aliphatic heterocycles. The van der Waals surface area contributed by atoms with Gasteiger partial charge in [-0.15, -0.1) is 12.4 Å². The van der Waals surface area contributed by atoms with Crippen LogP contribution in [0.4, 0.5) is 0 Å². The van der Waals surface area contributed by atoms with Gasteiger partial charge in [-0.1, -0.05) is 5.76 Å². The maximum absolute atomic E-state index is 10.8. The van der Waals surface area contributed by atoms with Gasteiger partial charge in [0.05, 0.1) is 27.7 Å². The van der Waals surface area contributed by atoms with Gasteiger partial charge in [0.1, 0.15) is 0 Å². The van der Waals surface area contributed by atoms with Gasteiger partial charge in [0.2, 0.25) is 0 Å². The molecule has 0 bridgehead atoms. The van der Waals surface area contributed by atoms with Crippen molar-refractivity contribution in [3.8, 4) is 0 Å². The zero-order valence-corrected chi connectivity index (χ0v) is 8.22. The molecule has 0 radical (unpaired) electrons. The van der Waals surface area contributed by atoms with Crippen LogP contribution in [-0.4, -0.2) is 43.2 Å². The highest BCUT2D eigenvalue weighted by Crippen LogP contribution is 1.94. The van der Waals surface area contributed by atoms with Gasteiger partial charge in [0.15, 0.2) is 0 Å². The number of quaternary nitrogens is 1. The molecule has 5 heteroatoms. The quantitative estimate of drug-likeness (QED) is 0.373. The molecule has 72 valence electrons. The Morgan fingerprint density at radius 1 is 1.50 bits per heavy atom. The van der Waals surface area contributed by atoms with Gasteiger partial charge in [-0.05, 0) is 0 Å². The summed E-state index contributed by atoms with van der Waals surface area (Å²) in [6, 6.07) is 0. The van der Waals surface area contributed by atoms with E-state index in [2.05, 4.69) is 0 Å². The first-order valence-corrected chi connectivity index (χ1v) is 3.22. The van der Waals surface area contributed by atoms with E-state index in [1.54, 1.807) is 0 Å². The molecule has 0 saturated heterocycles. The van der Waals surface area contributed by atoms with E-state index in [0.29, 0.717) is 10.6 Å². The molecule has 12 heavy (non-hydrogen) atoms. The number of hydrogen-bond acceptors (Lipinski definition) is 2. The van der Waals surface area contributed by atoms with Crippen LogP contribution in [0.3, 0.4) is 0 Å². The fraction of sp³-hybridized carbons (Fsp3) is 0.571. The molecule has 0 rings (SSSR count). The first-order valence-electron chi connectivity index (χ1n) is 3.22. The number of halogens is 1. The minimum atomic E-state index is -1.18. The number of carbonyl (C=O) groups is 1. The van der Waals surface area contributed by atoms with E-state index in [-0.39, 0.29) is 24.7 Å². The summed E-state index contributed by atoms with van der Waals surface area (Å²) in [5, 5.41) is 19.0. The Morgan fingerprint density at radius 3 is 2.17 bits per heavy atom. The van der Waals surface area contributed by atoms with Crippen LogP contribution in [0.25, 0.3) is 0 Å². The molecule has 4 nitrogen and oxygen atoms in total. The van der Waals surface area contributed by atoms with Crippen LogP contribution in [0, 0.1) is 0 Å². The molecule has 0 amide bonds. The van der Waals surface area contributed by atoms with E-state index in [9.17, 15) is 9.90 Å². The van der Waals surface area contributed by atoms with Crippen molar-refractivity contribution in [2.24, 2.45) is 0 Å². The molecule has 0 aromatic rings. The lowest BCUT2D eigenvalue weighted by atomic mass is 10.4. The summed E-state index contributed by atoms with van der Waals surface area (Å²) in [5.41, 5.74) is 0. The maximum Gasteiger partial charge on any atom is 0.327 e. The highest BCUT2D eigenvalue weighted by molar-refractivity contribution is 5.85. The number of aliphatic carboxylic acids is 1. The highest BCUT2D eigenvalue weighted by Gasteiger charge is 2.04. The molecule has 0 saturated carbocycles. The number of rotatable bonds is 3. The molecular weight excluding hydrogens is 182 g/mol. The summed E-state index contributed by atoms with van der Waals surface area (Å²) < 4.78 is 0.447.